The quantitative estimate of drug-likeness (QED) is 0.673. The predicted octanol–water partition coefficient (Wildman–Crippen LogP) is 3.40. The largest absolute Gasteiger partial charge is 0.432 e. The molecule has 1 N–H and O–H groups in total. The molecule has 0 radical (unpaired) electrons. The van der Waals surface area contributed by atoms with Crippen molar-refractivity contribution in [2.24, 2.45) is 0 Å². The first-order chi connectivity index (χ1) is 10.0. The fourth-order valence-corrected chi connectivity index (χ4v) is 1.86. The first kappa shape index (κ1) is 14.9. The number of ether oxygens (including phenoxy) is 1. The van der Waals surface area contributed by atoms with Crippen molar-refractivity contribution in [3.63, 3.8) is 0 Å². The van der Waals surface area contributed by atoms with Gasteiger partial charge >= 0.3 is 5.69 Å². The number of nitrogens with zero attached hydrogens (tertiary/aromatic N) is 2. The van der Waals surface area contributed by atoms with Crippen molar-refractivity contribution in [3.8, 4) is 11.6 Å². The Balaban J connectivity index is 2.35. The first-order valence-corrected chi connectivity index (χ1v) is 6.60. The van der Waals surface area contributed by atoms with E-state index in [0.717, 1.165) is 5.56 Å². The zero-order valence-electron chi connectivity index (χ0n) is 11.8. The van der Waals surface area contributed by atoms with Gasteiger partial charge in [-0.2, -0.15) is 0 Å². The molecule has 0 saturated carbocycles. The molecule has 0 aliphatic carbocycles. The lowest BCUT2D eigenvalue weighted by Gasteiger charge is -2.09. The molecule has 0 aliphatic heterocycles. The molecule has 2 rings (SSSR count). The molecule has 0 fully saturated rings. The van der Waals surface area contributed by atoms with Gasteiger partial charge in [0.05, 0.1) is 11.0 Å². The van der Waals surface area contributed by atoms with Crippen molar-refractivity contribution in [1.82, 2.24) is 4.98 Å². The third kappa shape index (κ3) is 3.55. The molecule has 110 valence electrons. The van der Waals surface area contributed by atoms with Gasteiger partial charge in [-0.1, -0.05) is 13.0 Å². The molecule has 6 heteroatoms. The normalized spacial score (nSPS) is 12.0. The Morgan fingerprint density at radius 2 is 2.14 bits per heavy atom. The summed E-state index contributed by atoms with van der Waals surface area (Å²) in [6.45, 7) is 3.55. The van der Waals surface area contributed by atoms with E-state index in [0.29, 0.717) is 12.0 Å². The average molecular weight is 288 g/mol. The highest BCUT2D eigenvalue weighted by molar-refractivity contribution is 5.50. The second kappa shape index (κ2) is 6.32. The van der Waals surface area contributed by atoms with E-state index < -0.39 is 11.0 Å². The Bertz CT molecular complexity index is 656. The van der Waals surface area contributed by atoms with Gasteiger partial charge in [0.2, 0.25) is 11.6 Å². The third-order valence-electron chi connectivity index (χ3n) is 3.08. The van der Waals surface area contributed by atoms with E-state index in [4.69, 9.17) is 4.74 Å². The number of hydrogen-bond donors (Lipinski definition) is 1. The van der Waals surface area contributed by atoms with Crippen molar-refractivity contribution in [1.29, 1.82) is 0 Å². The highest BCUT2D eigenvalue weighted by Gasteiger charge is 2.17. The van der Waals surface area contributed by atoms with Crippen LogP contribution in [-0.2, 0) is 6.42 Å². The second-order valence-corrected chi connectivity index (χ2v) is 4.62. The maximum atomic E-state index is 11.1. The summed E-state index contributed by atoms with van der Waals surface area (Å²) in [5.74, 6) is 0.341. The Morgan fingerprint density at radius 1 is 1.38 bits per heavy atom. The van der Waals surface area contributed by atoms with Crippen molar-refractivity contribution >= 4 is 5.69 Å². The number of aryl methyl sites for hydroxylation is 1. The van der Waals surface area contributed by atoms with E-state index in [1.807, 2.05) is 6.92 Å². The first-order valence-electron chi connectivity index (χ1n) is 6.60. The minimum atomic E-state index is -0.659. The Hall–Kier alpha value is -2.47. The van der Waals surface area contributed by atoms with Crippen molar-refractivity contribution in [2.75, 3.05) is 0 Å². The summed E-state index contributed by atoms with van der Waals surface area (Å²) in [7, 11) is 0. The van der Waals surface area contributed by atoms with Crippen LogP contribution in [-0.4, -0.2) is 15.0 Å². The summed E-state index contributed by atoms with van der Waals surface area (Å²) < 4.78 is 5.50. The lowest BCUT2D eigenvalue weighted by atomic mass is 10.1. The molecule has 1 aromatic carbocycles. The molecule has 21 heavy (non-hydrogen) atoms. The molecule has 0 bridgehead atoms. The number of aliphatic hydroxyl groups is 1. The summed E-state index contributed by atoms with van der Waals surface area (Å²) in [5, 5.41) is 20.7. The van der Waals surface area contributed by atoms with E-state index >= 15 is 0 Å². The Kier molecular flexibility index (Phi) is 4.49. The van der Waals surface area contributed by atoms with Gasteiger partial charge in [-0.05, 0) is 36.6 Å². The van der Waals surface area contributed by atoms with Gasteiger partial charge < -0.3 is 9.84 Å². The molecule has 1 unspecified atom stereocenters. The topological polar surface area (TPSA) is 85.5 Å². The predicted molar refractivity (Wildman–Crippen MR) is 77.4 cm³/mol. The van der Waals surface area contributed by atoms with Gasteiger partial charge in [-0.3, -0.25) is 10.1 Å². The molecule has 1 heterocycles. The maximum absolute atomic E-state index is 11.1. The number of rotatable bonds is 5. The summed E-state index contributed by atoms with van der Waals surface area (Å²) in [4.78, 5) is 14.6. The fourth-order valence-electron chi connectivity index (χ4n) is 1.86. The summed E-state index contributed by atoms with van der Waals surface area (Å²) in [5.41, 5.74) is 1.39. The maximum Gasteiger partial charge on any atom is 0.311 e. The van der Waals surface area contributed by atoms with Crippen LogP contribution < -0.4 is 4.74 Å². The van der Waals surface area contributed by atoms with Crippen LogP contribution in [0.1, 0.15) is 31.1 Å². The number of aliphatic hydroxyl groups excluding tert-OH is 1. The average Bonchev–Trinajstić information content (AvgIpc) is 2.47. The second-order valence-electron chi connectivity index (χ2n) is 4.62. The number of pyridine rings is 1. The number of aromatic nitrogens is 1. The van der Waals surface area contributed by atoms with Crippen molar-refractivity contribution < 1.29 is 14.8 Å². The minimum absolute atomic E-state index is 0.0985. The number of hydrogen-bond acceptors (Lipinski definition) is 5. The molecular formula is C15H16N2O4. The molecular weight excluding hydrogens is 272 g/mol. The standard InChI is InChI=1S/C15H16N2O4/c1-3-11-4-5-14(13(8-11)17(19)20)21-15-9-12(10(2)18)6-7-16-15/h4-10,18H,3H2,1-2H3. The van der Waals surface area contributed by atoms with E-state index in [9.17, 15) is 15.2 Å². The van der Waals surface area contributed by atoms with E-state index in [-0.39, 0.29) is 17.3 Å². The molecule has 2 aromatic rings. The van der Waals surface area contributed by atoms with Crippen LogP contribution in [0.3, 0.4) is 0 Å². The van der Waals surface area contributed by atoms with Gasteiger partial charge in [-0.15, -0.1) is 0 Å². The van der Waals surface area contributed by atoms with Crippen LogP contribution in [0.25, 0.3) is 0 Å². The smallest absolute Gasteiger partial charge is 0.311 e. The molecule has 0 amide bonds. The van der Waals surface area contributed by atoms with Crippen molar-refractivity contribution in [3.05, 3.63) is 57.8 Å². The van der Waals surface area contributed by atoms with E-state index in [2.05, 4.69) is 4.98 Å². The summed E-state index contributed by atoms with van der Waals surface area (Å²) in [6, 6.07) is 8.05. The van der Waals surface area contributed by atoms with Crippen LogP contribution >= 0.6 is 0 Å². The van der Waals surface area contributed by atoms with Crippen LogP contribution in [0.15, 0.2) is 36.5 Å². The fraction of sp³-hybridized carbons (Fsp3) is 0.267. The highest BCUT2D eigenvalue weighted by Crippen LogP contribution is 2.32. The molecule has 0 aliphatic rings. The van der Waals surface area contributed by atoms with Gasteiger partial charge in [0.1, 0.15) is 0 Å². The minimum Gasteiger partial charge on any atom is -0.432 e. The van der Waals surface area contributed by atoms with Crippen LogP contribution in [0.4, 0.5) is 5.69 Å². The SMILES string of the molecule is CCc1ccc(Oc2cc(C(C)O)ccn2)c([N+](=O)[O-])c1. The monoisotopic (exact) mass is 288 g/mol. The van der Waals surface area contributed by atoms with Crippen molar-refractivity contribution in [2.45, 2.75) is 26.4 Å². The lowest BCUT2D eigenvalue weighted by Crippen LogP contribution is -1.97. The molecule has 6 nitrogen and oxygen atoms in total. The zero-order valence-corrected chi connectivity index (χ0v) is 11.8. The van der Waals surface area contributed by atoms with E-state index in [1.54, 1.807) is 31.2 Å². The van der Waals surface area contributed by atoms with Gasteiger partial charge in [0.15, 0.2) is 0 Å². The van der Waals surface area contributed by atoms with Crippen LogP contribution in [0.2, 0.25) is 0 Å². The third-order valence-corrected chi connectivity index (χ3v) is 3.08. The van der Waals surface area contributed by atoms with Crippen LogP contribution in [0, 0.1) is 10.1 Å². The summed E-state index contributed by atoms with van der Waals surface area (Å²) >= 11 is 0. The Labute approximate surface area is 122 Å². The highest BCUT2D eigenvalue weighted by atomic mass is 16.6. The summed E-state index contributed by atoms with van der Waals surface area (Å²) in [6.07, 6.45) is 1.54. The lowest BCUT2D eigenvalue weighted by molar-refractivity contribution is -0.385. The zero-order chi connectivity index (χ0) is 15.4. The molecule has 0 spiro atoms. The number of nitro benzene ring substituents is 1. The Morgan fingerprint density at radius 3 is 2.76 bits per heavy atom. The van der Waals surface area contributed by atoms with Crippen LogP contribution in [0.5, 0.6) is 11.6 Å². The van der Waals surface area contributed by atoms with Gasteiger partial charge in [0, 0.05) is 18.3 Å². The molecule has 0 saturated heterocycles. The van der Waals surface area contributed by atoms with Gasteiger partial charge in [0.25, 0.3) is 0 Å². The molecule has 1 atom stereocenters. The van der Waals surface area contributed by atoms with E-state index in [1.165, 1.54) is 12.3 Å². The number of benzene rings is 1. The number of nitro groups is 1. The molecule has 1 aromatic heterocycles. The van der Waals surface area contributed by atoms with Gasteiger partial charge in [-0.25, -0.2) is 4.98 Å².